The van der Waals surface area contributed by atoms with Gasteiger partial charge in [-0.15, -0.1) is 0 Å². The zero-order valence-electron chi connectivity index (χ0n) is 18.5. The number of nitrogens with one attached hydrogen (secondary N) is 1. The van der Waals surface area contributed by atoms with E-state index in [0.29, 0.717) is 44.9 Å². The van der Waals surface area contributed by atoms with Crippen LogP contribution >= 0.6 is 23.2 Å². The quantitative estimate of drug-likeness (QED) is 0.349. The molecule has 172 valence electrons. The lowest BCUT2D eigenvalue weighted by Crippen LogP contribution is -2.29. The molecule has 0 saturated carbocycles. The molecule has 1 atom stereocenters. The zero-order valence-corrected chi connectivity index (χ0v) is 20.0. The number of halogens is 2. The van der Waals surface area contributed by atoms with Crippen molar-refractivity contribution < 1.29 is 14.6 Å². The Morgan fingerprint density at radius 3 is 2.53 bits per heavy atom. The summed E-state index contributed by atoms with van der Waals surface area (Å²) in [6.45, 7) is 2.12. The Labute approximate surface area is 206 Å². The second kappa shape index (κ2) is 8.70. The van der Waals surface area contributed by atoms with Gasteiger partial charge in [-0.25, -0.2) is 0 Å². The molecule has 4 aromatic rings. The maximum atomic E-state index is 13.6. The second-order valence-electron chi connectivity index (χ2n) is 8.18. The van der Waals surface area contributed by atoms with Crippen LogP contribution in [0.1, 0.15) is 38.8 Å². The van der Waals surface area contributed by atoms with Crippen molar-refractivity contribution in [1.82, 2.24) is 15.1 Å². The lowest BCUT2D eigenvalue weighted by atomic mass is 9.95. The standard InChI is InChI=1S/C26H21Cl2N3O3/c1-14-11-21(32)18(12-20(14)28)23-22-24(30-29-23)26(33)31(13-16-5-3-4-6-19(16)27)25(22)15-7-9-17(34-2)10-8-15/h3-12,25,32H,13H2,1-2H3,(H,29,30). The summed E-state index contributed by atoms with van der Waals surface area (Å²) in [4.78, 5) is 15.3. The van der Waals surface area contributed by atoms with Gasteiger partial charge >= 0.3 is 0 Å². The second-order valence-corrected chi connectivity index (χ2v) is 8.99. The van der Waals surface area contributed by atoms with E-state index in [1.54, 1.807) is 30.2 Å². The number of carbonyl (C=O) groups is 1. The largest absolute Gasteiger partial charge is 0.507 e. The van der Waals surface area contributed by atoms with Crippen molar-refractivity contribution in [3.05, 3.63) is 98.7 Å². The van der Waals surface area contributed by atoms with Crippen LogP contribution in [0.4, 0.5) is 0 Å². The molecule has 0 spiro atoms. The molecule has 0 fully saturated rings. The van der Waals surface area contributed by atoms with E-state index in [-0.39, 0.29) is 11.7 Å². The number of carbonyl (C=O) groups excluding carboxylic acids is 1. The highest BCUT2D eigenvalue weighted by molar-refractivity contribution is 6.32. The summed E-state index contributed by atoms with van der Waals surface area (Å²) in [6, 6.07) is 17.8. The number of aromatic amines is 1. The Balaban J connectivity index is 1.68. The molecule has 0 aliphatic carbocycles. The maximum absolute atomic E-state index is 13.6. The Hall–Kier alpha value is -3.48. The predicted octanol–water partition coefficient (Wildman–Crippen LogP) is 6.15. The molecule has 1 unspecified atom stereocenters. The van der Waals surface area contributed by atoms with Gasteiger partial charge < -0.3 is 14.7 Å². The molecular weight excluding hydrogens is 473 g/mol. The average molecular weight is 494 g/mol. The van der Waals surface area contributed by atoms with Crippen LogP contribution in [0.2, 0.25) is 10.0 Å². The Morgan fingerprint density at radius 2 is 1.82 bits per heavy atom. The van der Waals surface area contributed by atoms with Gasteiger partial charge in [0.05, 0.1) is 13.2 Å². The number of phenols is 1. The highest BCUT2D eigenvalue weighted by Gasteiger charge is 2.42. The van der Waals surface area contributed by atoms with E-state index in [0.717, 1.165) is 16.7 Å². The average Bonchev–Trinajstić information content (AvgIpc) is 3.37. The van der Waals surface area contributed by atoms with E-state index >= 15 is 0 Å². The number of phenolic OH excluding ortho intramolecular Hbond substituents is 1. The molecule has 6 nitrogen and oxygen atoms in total. The topological polar surface area (TPSA) is 78.5 Å². The number of methoxy groups -OCH3 is 1. The fourth-order valence-electron chi connectivity index (χ4n) is 4.36. The number of aromatic nitrogens is 2. The number of hydrogen-bond acceptors (Lipinski definition) is 4. The molecule has 34 heavy (non-hydrogen) atoms. The minimum absolute atomic E-state index is 0.0432. The van der Waals surface area contributed by atoms with Gasteiger partial charge in [-0.3, -0.25) is 9.89 Å². The van der Waals surface area contributed by atoms with Gasteiger partial charge in [-0.1, -0.05) is 53.5 Å². The van der Waals surface area contributed by atoms with Crippen LogP contribution in [0, 0.1) is 6.92 Å². The number of amides is 1. The summed E-state index contributed by atoms with van der Waals surface area (Å²) in [7, 11) is 1.61. The minimum Gasteiger partial charge on any atom is -0.507 e. The third kappa shape index (κ3) is 3.69. The van der Waals surface area contributed by atoms with Crippen molar-refractivity contribution in [2.24, 2.45) is 0 Å². The van der Waals surface area contributed by atoms with Crippen LogP contribution in [0.25, 0.3) is 11.3 Å². The van der Waals surface area contributed by atoms with Gasteiger partial charge in [-0.2, -0.15) is 5.10 Å². The van der Waals surface area contributed by atoms with E-state index in [1.165, 1.54) is 0 Å². The molecule has 0 saturated heterocycles. The molecule has 0 radical (unpaired) electrons. The molecule has 1 aromatic heterocycles. The molecule has 1 aliphatic heterocycles. The van der Waals surface area contributed by atoms with Crippen molar-refractivity contribution in [3.8, 4) is 22.8 Å². The number of fused-ring (bicyclic) bond motifs is 1. The number of aryl methyl sites for hydroxylation is 1. The number of H-pyrrole nitrogens is 1. The smallest absolute Gasteiger partial charge is 0.273 e. The van der Waals surface area contributed by atoms with E-state index < -0.39 is 6.04 Å². The summed E-state index contributed by atoms with van der Waals surface area (Å²) in [6.07, 6.45) is 0. The molecule has 8 heteroatoms. The highest BCUT2D eigenvalue weighted by Crippen LogP contribution is 2.46. The van der Waals surface area contributed by atoms with Crippen LogP contribution in [-0.4, -0.2) is 33.2 Å². The molecule has 2 heterocycles. The highest BCUT2D eigenvalue weighted by atomic mass is 35.5. The number of aromatic hydroxyl groups is 1. The lowest BCUT2D eigenvalue weighted by molar-refractivity contribution is 0.0730. The fraction of sp³-hybridized carbons (Fsp3) is 0.154. The summed E-state index contributed by atoms with van der Waals surface area (Å²) >= 11 is 12.8. The fourth-order valence-corrected chi connectivity index (χ4v) is 4.72. The molecule has 2 N–H and O–H groups in total. The van der Waals surface area contributed by atoms with Gasteiger partial charge in [0.15, 0.2) is 0 Å². The van der Waals surface area contributed by atoms with E-state index in [4.69, 9.17) is 27.9 Å². The van der Waals surface area contributed by atoms with Crippen LogP contribution in [-0.2, 0) is 6.54 Å². The van der Waals surface area contributed by atoms with Gasteiger partial charge in [0, 0.05) is 27.7 Å². The monoisotopic (exact) mass is 493 g/mol. The normalized spacial score (nSPS) is 15.0. The summed E-state index contributed by atoms with van der Waals surface area (Å²) in [5.41, 5.74) is 4.44. The minimum atomic E-state index is -0.460. The molecular formula is C26H21Cl2N3O3. The van der Waals surface area contributed by atoms with Crippen molar-refractivity contribution in [1.29, 1.82) is 0 Å². The van der Waals surface area contributed by atoms with Crippen LogP contribution in [0.15, 0.2) is 60.7 Å². The van der Waals surface area contributed by atoms with Gasteiger partial charge in [0.25, 0.3) is 5.91 Å². The number of benzene rings is 3. The number of rotatable bonds is 5. The first kappa shape index (κ1) is 22.3. The number of nitrogens with zero attached hydrogens (tertiary/aromatic N) is 2. The van der Waals surface area contributed by atoms with Crippen LogP contribution < -0.4 is 4.74 Å². The molecule has 1 aliphatic rings. The first-order chi connectivity index (χ1) is 16.4. The van der Waals surface area contributed by atoms with E-state index in [1.807, 2.05) is 49.4 Å². The third-order valence-electron chi connectivity index (χ3n) is 6.13. The summed E-state index contributed by atoms with van der Waals surface area (Å²) < 4.78 is 5.31. The Bertz CT molecular complexity index is 1400. The first-order valence-electron chi connectivity index (χ1n) is 10.6. The Kier molecular flexibility index (Phi) is 5.71. The van der Waals surface area contributed by atoms with Crippen molar-refractivity contribution in [3.63, 3.8) is 0 Å². The summed E-state index contributed by atoms with van der Waals surface area (Å²) in [5.74, 6) is 0.551. The van der Waals surface area contributed by atoms with Gasteiger partial charge in [-0.05, 0) is 53.9 Å². The molecule has 5 rings (SSSR count). The molecule has 1 amide bonds. The van der Waals surface area contributed by atoms with Crippen LogP contribution in [0.3, 0.4) is 0 Å². The van der Waals surface area contributed by atoms with Crippen LogP contribution in [0.5, 0.6) is 11.5 Å². The van der Waals surface area contributed by atoms with E-state index in [9.17, 15) is 9.90 Å². The molecule has 0 bridgehead atoms. The maximum Gasteiger partial charge on any atom is 0.273 e. The van der Waals surface area contributed by atoms with Crippen molar-refractivity contribution in [2.45, 2.75) is 19.5 Å². The number of ether oxygens (including phenoxy) is 1. The SMILES string of the molecule is COc1ccc(C2c3c(-c4cc(Cl)c(C)cc4O)n[nH]c3C(=O)N2Cc2ccccc2Cl)cc1. The zero-order chi connectivity index (χ0) is 24.0. The van der Waals surface area contributed by atoms with Gasteiger partial charge in [0.2, 0.25) is 0 Å². The lowest BCUT2D eigenvalue weighted by Gasteiger charge is -2.27. The molecule has 3 aromatic carbocycles. The van der Waals surface area contributed by atoms with Gasteiger partial charge in [0.1, 0.15) is 22.9 Å². The predicted molar refractivity (Wildman–Crippen MR) is 132 cm³/mol. The van der Waals surface area contributed by atoms with Crippen molar-refractivity contribution >= 4 is 29.1 Å². The Morgan fingerprint density at radius 1 is 1.09 bits per heavy atom. The number of hydrogen-bond donors (Lipinski definition) is 2. The van der Waals surface area contributed by atoms with Crippen molar-refractivity contribution in [2.75, 3.05) is 7.11 Å². The third-order valence-corrected chi connectivity index (χ3v) is 6.90. The van der Waals surface area contributed by atoms with E-state index in [2.05, 4.69) is 10.2 Å². The summed E-state index contributed by atoms with van der Waals surface area (Å²) in [5, 5.41) is 19.1. The first-order valence-corrected chi connectivity index (χ1v) is 11.4.